The molecule has 2 rings (SSSR count). The molecule has 0 spiro atoms. The number of ether oxygens (including phenoxy) is 1. The predicted molar refractivity (Wildman–Crippen MR) is 82.8 cm³/mol. The smallest absolute Gasteiger partial charge is 0.317 e. The Morgan fingerprint density at radius 2 is 2.29 bits per heavy atom. The molecule has 2 unspecified atom stereocenters. The molecule has 0 heterocycles. The highest BCUT2D eigenvalue weighted by atomic mass is 16.5. The fraction of sp³-hybridized carbons (Fsp3) is 0.588. The topological polar surface area (TPSA) is 49.8 Å². The first-order chi connectivity index (χ1) is 10.1. The SMILES string of the molecule is CCC(C)N(CC(=O)O)C1CCCc2cc(OC)ccc21. The number of carboxylic acid groups (broad SMARTS) is 1. The van der Waals surface area contributed by atoms with Crippen molar-refractivity contribution in [3.05, 3.63) is 29.3 Å². The van der Waals surface area contributed by atoms with Crippen LogP contribution in [0.15, 0.2) is 18.2 Å². The lowest BCUT2D eigenvalue weighted by molar-refractivity contribution is -0.139. The summed E-state index contributed by atoms with van der Waals surface area (Å²) < 4.78 is 5.30. The van der Waals surface area contributed by atoms with Crippen LogP contribution in [0, 0.1) is 0 Å². The van der Waals surface area contributed by atoms with Gasteiger partial charge in [-0.15, -0.1) is 0 Å². The van der Waals surface area contributed by atoms with E-state index in [4.69, 9.17) is 4.74 Å². The van der Waals surface area contributed by atoms with Gasteiger partial charge >= 0.3 is 5.97 Å². The van der Waals surface area contributed by atoms with Gasteiger partial charge < -0.3 is 9.84 Å². The number of rotatable bonds is 6. The van der Waals surface area contributed by atoms with E-state index in [-0.39, 0.29) is 18.6 Å². The lowest BCUT2D eigenvalue weighted by Crippen LogP contribution is -2.41. The zero-order valence-electron chi connectivity index (χ0n) is 13.1. The number of carboxylic acids is 1. The van der Waals surface area contributed by atoms with Gasteiger partial charge in [0.25, 0.3) is 0 Å². The van der Waals surface area contributed by atoms with E-state index >= 15 is 0 Å². The van der Waals surface area contributed by atoms with E-state index in [0.29, 0.717) is 0 Å². The summed E-state index contributed by atoms with van der Waals surface area (Å²) in [5.74, 6) is 0.124. The Hall–Kier alpha value is -1.55. The minimum atomic E-state index is -0.754. The summed E-state index contributed by atoms with van der Waals surface area (Å²) in [7, 11) is 1.68. The highest BCUT2D eigenvalue weighted by Gasteiger charge is 2.30. The van der Waals surface area contributed by atoms with Crippen LogP contribution in [0.4, 0.5) is 0 Å². The second-order valence-corrected chi connectivity index (χ2v) is 5.80. The van der Waals surface area contributed by atoms with Crippen LogP contribution in [-0.4, -0.2) is 35.7 Å². The molecular weight excluding hydrogens is 266 g/mol. The second kappa shape index (κ2) is 6.94. The van der Waals surface area contributed by atoms with Crippen LogP contribution in [0.3, 0.4) is 0 Å². The maximum Gasteiger partial charge on any atom is 0.317 e. The van der Waals surface area contributed by atoms with Gasteiger partial charge in [-0.2, -0.15) is 0 Å². The first-order valence-corrected chi connectivity index (χ1v) is 7.71. The summed E-state index contributed by atoms with van der Waals surface area (Å²) in [6.07, 6.45) is 4.12. The van der Waals surface area contributed by atoms with Gasteiger partial charge in [0.05, 0.1) is 13.7 Å². The molecule has 0 aliphatic heterocycles. The van der Waals surface area contributed by atoms with Crippen molar-refractivity contribution in [2.24, 2.45) is 0 Å². The normalized spacial score (nSPS) is 19.1. The molecular formula is C17H25NO3. The molecule has 0 fully saturated rings. The quantitative estimate of drug-likeness (QED) is 0.874. The van der Waals surface area contributed by atoms with E-state index in [2.05, 4.69) is 30.9 Å². The number of hydrogen-bond acceptors (Lipinski definition) is 3. The number of methoxy groups -OCH3 is 1. The van der Waals surface area contributed by atoms with E-state index in [1.807, 2.05) is 6.07 Å². The van der Waals surface area contributed by atoms with Gasteiger partial charge in [0.15, 0.2) is 0 Å². The minimum absolute atomic E-state index is 0.102. The average Bonchev–Trinajstić information content (AvgIpc) is 2.50. The number of aryl methyl sites for hydroxylation is 1. The van der Waals surface area contributed by atoms with Crippen molar-refractivity contribution >= 4 is 5.97 Å². The summed E-state index contributed by atoms with van der Waals surface area (Å²) in [5.41, 5.74) is 2.56. The lowest BCUT2D eigenvalue weighted by Gasteiger charge is -2.38. The van der Waals surface area contributed by atoms with Gasteiger partial charge in [0, 0.05) is 12.1 Å². The van der Waals surface area contributed by atoms with E-state index in [0.717, 1.165) is 31.4 Å². The Labute approximate surface area is 126 Å². The maximum absolute atomic E-state index is 11.2. The number of hydrogen-bond donors (Lipinski definition) is 1. The summed E-state index contributed by atoms with van der Waals surface area (Å²) in [4.78, 5) is 13.4. The Morgan fingerprint density at radius 1 is 1.52 bits per heavy atom. The van der Waals surface area contributed by atoms with Gasteiger partial charge in [-0.1, -0.05) is 13.0 Å². The highest BCUT2D eigenvalue weighted by molar-refractivity contribution is 5.69. The first-order valence-electron chi connectivity index (χ1n) is 7.71. The first kappa shape index (κ1) is 15.8. The van der Waals surface area contributed by atoms with Crippen LogP contribution in [0.2, 0.25) is 0 Å². The van der Waals surface area contributed by atoms with Gasteiger partial charge in [-0.25, -0.2) is 0 Å². The molecule has 0 saturated carbocycles. The summed E-state index contributed by atoms with van der Waals surface area (Å²) in [6, 6.07) is 6.64. The Balaban J connectivity index is 2.33. The minimum Gasteiger partial charge on any atom is -0.497 e. The third-order valence-electron chi connectivity index (χ3n) is 4.51. The lowest BCUT2D eigenvalue weighted by atomic mass is 9.86. The molecule has 0 aromatic heterocycles. The number of benzene rings is 1. The molecule has 0 amide bonds. The fourth-order valence-corrected chi connectivity index (χ4v) is 3.20. The molecule has 1 aliphatic carbocycles. The van der Waals surface area contributed by atoms with Crippen LogP contribution in [0.1, 0.15) is 50.3 Å². The third kappa shape index (κ3) is 3.56. The zero-order valence-corrected chi connectivity index (χ0v) is 13.1. The molecule has 4 heteroatoms. The van der Waals surface area contributed by atoms with E-state index in [1.54, 1.807) is 7.11 Å². The summed E-state index contributed by atoms with van der Waals surface area (Å²) in [5, 5.41) is 9.23. The molecule has 1 aliphatic rings. The number of fused-ring (bicyclic) bond motifs is 1. The van der Waals surface area contributed by atoms with Crippen LogP contribution < -0.4 is 4.74 Å². The van der Waals surface area contributed by atoms with Crippen molar-refractivity contribution in [3.8, 4) is 5.75 Å². The van der Waals surface area contributed by atoms with E-state index < -0.39 is 5.97 Å². The van der Waals surface area contributed by atoms with Crippen molar-refractivity contribution in [3.63, 3.8) is 0 Å². The average molecular weight is 291 g/mol. The van der Waals surface area contributed by atoms with Gasteiger partial charge in [0.2, 0.25) is 0 Å². The monoisotopic (exact) mass is 291 g/mol. The van der Waals surface area contributed by atoms with Gasteiger partial charge in [-0.3, -0.25) is 9.69 Å². The number of aliphatic carboxylic acids is 1. The molecule has 1 aromatic carbocycles. The predicted octanol–water partition coefficient (Wildman–Crippen LogP) is 3.26. The van der Waals surface area contributed by atoms with Gasteiger partial charge in [-0.05, 0) is 55.9 Å². The van der Waals surface area contributed by atoms with E-state index in [9.17, 15) is 9.90 Å². The molecule has 0 radical (unpaired) electrons. The van der Waals surface area contributed by atoms with Gasteiger partial charge in [0.1, 0.15) is 5.75 Å². The van der Waals surface area contributed by atoms with Crippen molar-refractivity contribution in [2.45, 2.75) is 51.6 Å². The standard InChI is InChI=1S/C17H25NO3/c1-4-12(2)18(11-17(19)20)16-7-5-6-13-10-14(21-3)8-9-15(13)16/h8-10,12,16H,4-7,11H2,1-3H3,(H,19,20). The van der Waals surface area contributed by atoms with Crippen LogP contribution in [-0.2, 0) is 11.2 Å². The van der Waals surface area contributed by atoms with Crippen LogP contribution >= 0.6 is 0 Å². The molecule has 21 heavy (non-hydrogen) atoms. The van der Waals surface area contributed by atoms with Crippen molar-refractivity contribution in [1.82, 2.24) is 4.90 Å². The fourth-order valence-electron chi connectivity index (χ4n) is 3.20. The van der Waals surface area contributed by atoms with Crippen molar-refractivity contribution in [2.75, 3.05) is 13.7 Å². The molecule has 2 atom stereocenters. The summed E-state index contributed by atoms with van der Waals surface area (Å²) >= 11 is 0. The third-order valence-corrected chi connectivity index (χ3v) is 4.51. The summed E-state index contributed by atoms with van der Waals surface area (Å²) in [6.45, 7) is 4.32. The van der Waals surface area contributed by atoms with Crippen molar-refractivity contribution in [1.29, 1.82) is 0 Å². The van der Waals surface area contributed by atoms with Crippen LogP contribution in [0.5, 0.6) is 5.75 Å². The zero-order chi connectivity index (χ0) is 15.4. The Bertz CT molecular complexity index is 501. The molecule has 0 bridgehead atoms. The molecule has 1 aromatic rings. The highest BCUT2D eigenvalue weighted by Crippen LogP contribution is 2.37. The second-order valence-electron chi connectivity index (χ2n) is 5.80. The maximum atomic E-state index is 11.2. The number of nitrogens with zero attached hydrogens (tertiary/aromatic N) is 1. The van der Waals surface area contributed by atoms with E-state index in [1.165, 1.54) is 11.1 Å². The van der Waals surface area contributed by atoms with Crippen LogP contribution in [0.25, 0.3) is 0 Å². The molecule has 0 saturated heterocycles. The Morgan fingerprint density at radius 3 is 2.90 bits per heavy atom. The van der Waals surface area contributed by atoms with Crippen molar-refractivity contribution < 1.29 is 14.6 Å². The Kier molecular flexibility index (Phi) is 5.23. The largest absolute Gasteiger partial charge is 0.497 e. The molecule has 4 nitrogen and oxygen atoms in total. The molecule has 116 valence electrons. The molecule has 1 N–H and O–H groups in total. The number of carbonyl (C=O) groups is 1.